The molecule has 0 radical (unpaired) electrons. The highest BCUT2D eigenvalue weighted by molar-refractivity contribution is 14.1. The second-order valence-electron chi connectivity index (χ2n) is 4.42. The maximum atomic E-state index is 11.0. The van der Waals surface area contributed by atoms with Crippen LogP contribution in [0.25, 0.3) is 0 Å². The van der Waals surface area contributed by atoms with E-state index in [0.717, 1.165) is 26.1 Å². The van der Waals surface area contributed by atoms with Crippen molar-refractivity contribution in [1.82, 2.24) is 0 Å². The Hall–Kier alpha value is -1.56. The highest BCUT2D eigenvalue weighted by Gasteiger charge is 2.07. The Kier molecular flexibility index (Phi) is 4.09. The number of aromatic carboxylic acids is 1. The van der Waals surface area contributed by atoms with Gasteiger partial charge in [0.25, 0.3) is 0 Å². The van der Waals surface area contributed by atoms with Gasteiger partial charge in [0.15, 0.2) is 0 Å². The molecular formula is C15H14INO2. The number of nitrogens with one attached hydrogen (secondary N) is 1. The Bertz CT molecular complexity index is 638. The van der Waals surface area contributed by atoms with Gasteiger partial charge < -0.3 is 10.4 Å². The van der Waals surface area contributed by atoms with E-state index in [-0.39, 0.29) is 0 Å². The second kappa shape index (κ2) is 5.61. The third-order valence-electron chi connectivity index (χ3n) is 2.94. The van der Waals surface area contributed by atoms with Gasteiger partial charge in [-0.25, -0.2) is 4.79 Å². The molecule has 0 atom stereocenters. The first-order chi connectivity index (χ1) is 8.97. The molecule has 98 valence electrons. The van der Waals surface area contributed by atoms with E-state index in [4.69, 9.17) is 5.11 Å². The van der Waals surface area contributed by atoms with Gasteiger partial charge in [0, 0.05) is 14.9 Å². The number of halogens is 1. The summed E-state index contributed by atoms with van der Waals surface area (Å²) in [5, 5.41) is 12.3. The van der Waals surface area contributed by atoms with Crippen LogP contribution >= 0.6 is 22.6 Å². The summed E-state index contributed by atoms with van der Waals surface area (Å²) in [5.41, 5.74) is 4.17. The van der Waals surface area contributed by atoms with Crippen molar-refractivity contribution in [1.29, 1.82) is 0 Å². The summed E-state index contributed by atoms with van der Waals surface area (Å²) >= 11 is 2.27. The highest BCUT2D eigenvalue weighted by Crippen LogP contribution is 2.24. The number of rotatable bonds is 3. The van der Waals surface area contributed by atoms with Gasteiger partial charge in [-0.3, -0.25) is 0 Å². The molecular weight excluding hydrogens is 353 g/mol. The van der Waals surface area contributed by atoms with Gasteiger partial charge in [0.2, 0.25) is 0 Å². The number of carbonyl (C=O) groups is 1. The maximum Gasteiger partial charge on any atom is 0.335 e. The molecule has 0 saturated heterocycles. The molecule has 0 spiro atoms. The molecule has 2 aromatic rings. The number of carboxylic acids is 1. The average Bonchev–Trinajstić information content (AvgIpc) is 2.33. The molecule has 0 fully saturated rings. The number of benzene rings is 2. The lowest BCUT2D eigenvalue weighted by atomic mass is 10.1. The van der Waals surface area contributed by atoms with Gasteiger partial charge in [-0.2, -0.15) is 0 Å². The normalized spacial score (nSPS) is 10.3. The van der Waals surface area contributed by atoms with Crippen LogP contribution in [0.5, 0.6) is 0 Å². The SMILES string of the molecule is Cc1ccc(I)cc1Nc1ccc(C(=O)O)c(C)c1. The first-order valence-corrected chi connectivity index (χ1v) is 6.92. The fraction of sp³-hybridized carbons (Fsp3) is 0.133. The number of hydrogen-bond donors (Lipinski definition) is 2. The zero-order valence-electron chi connectivity index (χ0n) is 10.7. The van der Waals surface area contributed by atoms with Crippen molar-refractivity contribution in [3.63, 3.8) is 0 Å². The second-order valence-corrected chi connectivity index (χ2v) is 5.66. The van der Waals surface area contributed by atoms with E-state index in [9.17, 15) is 4.79 Å². The molecule has 2 N–H and O–H groups in total. The van der Waals surface area contributed by atoms with E-state index in [1.165, 1.54) is 0 Å². The molecule has 4 heteroatoms. The molecule has 2 aromatic carbocycles. The van der Waals surface area contributed by atoms with Crippen molar-refractivity contribution in [3.05, 3.63) is 56.7 Å². The number of anilines is 2. The monoisotopic (exact) mass is 367 g/mol. The van der Waals surface area contributed by atoms with Crippen molar-refractivity contribution in [2.75, 3.05) is 5.32 Å². The lowest BCUT2D eigenvalue weighted by Gasteiger charge is -2.11. The minimum absolute atomic E-state index is 0.338. The topological polar surface area (TPSA) is 49.3 Å². The smallest absolute Gasteiger partial charge is 0.335 e. The van der Waals surface area contributed by atoms with E-state index >= 15 is 0 Å². The molecule has 0 saturated carbocycles. The molecule has 0 aliphatic carbocycles. The van der Waals surface area contributed by atoms with Gasteiger partial charge in [-0.1, -0.05) is 6.07 Å². The van der Waals surface area contributed by atoms with Crippen molar-refractivity contribution < 1.29 is 9.90 Å². The Morgan fingerprint density at radius 2 is 1.84 bits per heavy atom. The molecule has 0 aromatic heterocycles. The van der Waals surface area contributed by atoms with Crippen LogP contribution in [0.2, 0.25) is 0 Å². The molecule has 3 nitrogen and oxygen atoms in total. The summed E-state index contributed by atoms with van der Waals surface area (Å²) in [4.78, 5) is 11.0. The summed E-state index contributed by atoms with van der Waals surface area (Å²) in [5.74, 6) is -0.894. The van der Waals surface area contributed by atoms with Crippen molar-refractivity contribution >= 4 is 39.9 Å². The minimum Gasteiger partial charge on any atom is -0.478 e. The first kappa shape index (κ1) is 13.9. The van der Waals surface area contributed by atoms with Crippen LogP contribution in [0, 0.1) is 17.4 Å². The largest absolute Gasteiger partial charge is 0.478 e. The van der Waals surface area contributed by atoms with E-state index in [0.29, 0.717) is 5.56 Å². The third kappa shape index (κ3) is 3.26. The molecule has 0 aliphatic rings. The Morgan fingerprint density at radius 1 is 1.11 bits per heavy atom. The lowest BCUT2D eigenvalue weighted by molar-refractivity contribution is 0.0696. The summed E-state index contributed by atoms with van der Waals surface area (Å²) < 4.78 is 1.16. The van der Waals surface area contributed by atoms with Crippen LogP contribution < -0.4 is 5.32 Å². The summed E-state index contributed by atoms with van der Waals surface area (Å²) in [6, 6.07) is 11.4. The van der Waals surface area contributed by atoms with E-state index in [1.54, 1.807) is 19.1 Å². The molecule has 0 amide bonds. The number of aryl methyl sites for hydroxylation is 2. The summed E-state index contributed by atoms with van der Waals surface area (Å²) in [7, 11) is 0. The lowest BCUT2D eigenvalue weighted by Crippen LogP contribution is -2.01. The van der Waals surface area contributed by atoms with Gasteiger partial charge in [0.05, 0.1) is 5.56 Å². The van der Waals surface area contributed by atoms with E-state index in [1.807, 2.05) is 13.0 Å². The van der Waals surface area contributed by atoms with Crippen LogP contribution in [-0.2, 0) is 0 Å². The third-order valence-corrected chi connectivity index (χ3v) is 3.61. The highest BCUT2D eigenvalue weighted by atomic mass is 127. The first-order valence-electron chi connectivity index (χ1n) is 5.84. The zero-order valence-corrected chi connectivity index (χ0v) is 12.9. The predicted octanol–water partition coefficient (Wildman–Crippen LogP) is 4.35. The number of carboxylic acid groups (broad SMARTS) is 1. The van der Waals surface area contributed by atoms with Crippen molar-refractivity contribution in [2.45, 2.75) is 13.8 Å². The van der Waals surface area contributed by atoms with Crippen LogP contribution in [0.3, 0.4) is 0 Å². The Labute approximate surface area is 125 Å². The average molecular weight is 367 g/mol. The fourth-order valence-electron chi connectivity index (χ4n) is 1.87. The zero-order chi connectivity index (χ0) is 14.0. The van der Waals surface area contributed by atoms with E-state index < -0.39 is 5.97 Å². The molecule has 0 aliphatic heterocycles. The quantitative estimate of drug-likeness (QED) is 0.793. The fourth-order valence-corrected chi connectivity index (χ4v) is 2.36. The minimum atomic E-state index is -0.894. The molecule has 0 unspecified atom stereocenters. The summed E-state index contributed by atoms with van der Waals surface area (Å²) in [6.07, 6.45) is 0. The van der Waals surface area contributed by atoms with Gasteiger partial charge in [-0.15, -0.1) is 0 Å². The predicted molar refractivity (Wildman–Crippen MR) is 85.3 cm³/mol. The number of hydrogen-bond acceptors (Lipinski definition) is 2. The van der Waals surface area contributed by atoms with Gasteiger partial charge >= 0.3 is 5.97 Å². The standard InChI is InChI=1S/C15H14INO2/c1-9-3-4-11(16)8-14(9)17-12-5-6-13(15(18)19)10(2)7-12/h3-8,17H,1-2H3,(H,18,19). The Balaban J connectivity index is 2.31. The Morgan fingerprint density at radius 3 is 2.47 bits per heavy atom. The van der Waals surface area contributed by atoms with Gasteiger partial charge in [-0.05, 0) is 77.9 Å². The van der Waals surface area contributed by atoms with E-state index in [2.05, 4.69) is 46.1 Å². The van der Waals surface area contributed by atoms with Crippen LogP contribution in [0.1, 0.15) is 21.5 Å². The van der Waals surface area contributed by atoms with Crippen molar-refractivity contribution in [3.8, 4) is 0 Å². The molecule has 0 heterocycles. The molecule has 19 heavy (non-hydrogen) atoms. The van der Waals surface area contributed by atoms with Crippen LogP contribution in [0.4, 0.5) is 11.4 Å². The van der Waals surface area contributed by atoms with Gasteiger partial charge in [0.1, 0.15) is 0 Å². The van der Waals surface area contributed by atoms with Crippen LogP contribution in [0.15, 0.2) is 36.4 Å². The van der Waals surface area contributed by atoms with Crippen molar-refractivity contribution in [2.24, 2.45) is 0 Å². The maximum absolute atomic E-state index is 11.0. The molecule has 2 rings (SSSR count). The molecule has 0 bridgehead atoms. The van der Waals surface area contributed by atoms with Crippen LogP contribution in [-0.4, -0.2) is 11.1 Å². The summed E-state index contributed by atoms with van der Waals surface area (Å²) in [6.45, 7) is 3.84.